The molecule has 6 heteroatoms. The number of carbonyl (C=O) groups excluding carboxylic acids is 3. The van der Waals surface area contributed by atoms with E-state index in [2.05, 4.69) is 10.6 Å². The fraction of sp³-hybridized carbons (Fsp3) is 0.108. The average molecular weight is 566 g/mol. The molecule has 5 aromatic carbocycles. The lowest BCUT2D eigenvalue weighted by atomic mass is 9.98. The summed E-state index contributed by atoms with van der Waals surface area (Å²) < 4.78 is 0. The molecule has 1 heterocycles. The summed E-state index contributed by atoms with van der Waals surface area (Å²) in [6, 6.07) is 38.0. The molecule has 0 bridgehead atoms. The first kappa shape index (κ1) is 27.7. The smallest absolute Gasteiger partial charge is 0.256 e. The largest absolute Gasteiger partial charge is 0.322 e. The summed E-state index contributed by atoms with van der Waals surface area (Å²) in [5.41, 5.74) is 6.87. The molecule has 3 amide bonds. The summed E-state index contributed by atoms with van der Waals surface area (Å²) in [5, 5.41) is 6.17. The maximum absolute atomic E-state index is 13.9. The van der Waals surface area contributed by atoms with Gasteiger partial charge in [0.05, 0.1) is 11.4 Å². The Morgan fingerprint density at radius 1 is 0.628 bits per heavy atom. The van der Waals surface area contributed by atoms with Crippen LogP contribution in [0, 0.1) is 6.92 Å². The molecule has 43 heavy (non-hydrogen) atoms. The monoisotopic (exact) mass is 565 g/mol. The van der Waals surface area contributed by atoms with Crippen LogP contribution in [0.5, 0.6) is 0 Å². The second-order valence-electron chi connectivity index (χ2n) is 10.5. The van der Waals surface area contributed by atoms with Crippen molar-refractivity contribution in [3.05, 3.63) is 138 Å². The van der Waals surface area contributed by atoms with E-state index < -0.39 is 0 Å². The molecule has 1 aliphatic heterocycles. The Morgan fingerprint density at radius 2 is 1.14 bits per heavy atom. The molecule has 2 N–H and O–H groups in total. The molecule has 212 valence electrons. The summed E-state index contributed by atoms with van der Waals surface area (Å²) in [4.78, 5) is 42.0. The first-order valence-corrected chi connectivity index (χ1v) is 14.4. The van der Waals surface area contributed by atoms with Crippen molar-refractivity contribution in [1.82, 2.24) is 0 Å². The SMILES string of the molecule is Cc1c(NC(=O)c2ccccc2-c2ccccc2)ccc(N2CCCC2=O)c1NC(=O)c1ccccc1-c1ccccc1. The minimum atomic E-state index is -0.298. The van der Waals surface area contributed by atoms with Gasteiger partial charge in [0.15, 0.2) is 0 Å². The van der Waals surface area contributed by atoms with Gasteiger partial charge in [0.1, 0.15) is 0 Å². The Bertz CT molecular complexity index is 1820. The molecule has 0 atom stereocenters. The van der Waals surface area contributed by atoms with Crippen LogP contribution in [0.3, 0.4) is 0 Å². The van der Waals surface area contributed by atoms with Gasteiger partial charge < -0.3 is 15.5 Å². The fourth-order valence-corrected chi connectivity index (χ4v) is 5.59. The van der Waals surface area contributed by atoms with Crippen LogP contribution in [0.25, 0.3) is 22.3 Å². The van der Waals surface area contributed by atoms with E-state index in [1.54, 1.807) is 29.2 Å². The number of nitrogens with zero attached hydrogens (tertiary/aromatic N) is 1. The molecule has 0 aliphatic carbocycles. The minimum absolute atomic E-state index is 0.00755. The number of anilines is 3. The van der Waals surface area contributed by atoms with Crippen molar-refractivity contribution in [2.75, 3.05) is 22.1 Å². The number of rotatable bonds is 7. The zero-order valence-corrected chi connectivity index (χ0v) is 23.8. The highest BCUT2D eigenvalue weighted by molar-refractivity contribution is 6.14. The summed E-state index contributed by atoms with van der Waals surface area (Å²) in [5.74, 6) is -0.555. The average Bonchev–Trinajstić information content (AvgIpc) is 3.49. The lowest BCUT2D eigenvalue weighted by Crippen LogP contribution is -2.26. The predicted octanol–water partition coefficient (Wildman–Crippen LogP) is 7.96. The Kier molecular flexibility index (Phi) is 7.83. The van der Waals surface area contributed by atoms with Crippen molar-refractivity contribution < 1.29 is 14.4 Å². The Labute approximate surface area is 251 Å². The van der Waals surface area contributed by atoms with E-state index in [0.29, 0.717) is 46.7 Å². The third-order valence-electron chi connectivity index (χ3n) is 7.81. The molecule has 1 fully saturated rings. The molecular formula is C37H31N3O3. The van der Waals surface area contributed by atoms with Gasteiger partial charge in [-0.15, -0.1) is 0 Å². The lowest BCUT2D eigenvalue weighted by molar-refractivity contribution is -0.117. The van der Waals surface area contributed by atoms with Crippen molar-refractivity contribution in [3.8, 4) is 22.3 Å². The van der Waals surface area contributed by atoms with Crippen LogP contribution in [0.2, 0.25) is 0 Å². The van der Waals surface area contributed by atoms with Gasteiger partial charge in [-0.3, -0.25) is 14.4 Å². The van der Waals surface area contributed by atoms with Crippen molar-refractivity contribution in [2.24, 2.45) is 0 Å². The number of hydrogen-bond acceptors (Lipinski definition) is 3. The number of carbonyl (C=O) groups is 3. The van der Waals surface area contributed by atoms with Gasteiger partial charge in [-0.25, -0.2) is 0 Å². The normalized spacial score (nSPS) is 12.7. The van der Waals surface area contributed by atoms with E-state index in [1.807, 2.05) is 104 Å². The predicted molar refractivity (Wildman–Crippen MR) is 172 cm³/mol. The molecule has 5 aromatic rings. The first-order chi connectivity index (χ1) is 21.0. The van der Waals surface area contributed by atoms with Crippen LogP contribution in [0.4, 0.5) is 17.1 Å². The van der Waals surface area contributed by atoms with Crippen LogP contribution in [0.15, 0.2) is 121 Å². The van der Waals surface area contributed by atoms with Crippen molar-refractivity contribution in [2.45, 2.75) is 19.8 Å². The lowest BCUT2D eigenvalue weighted by Gasteiger charge is -2.24. The Hall–Kier alpha value is -5.49. The third-order valence-corrected chi connectivity index (χ3v) is 7.81. The van der Waals surface area contributed by atoms with E-state index in [1.165, 1.54) is 0 Å². The zero-order chi connectivity index (χ0) is 29.8. The maximum Gasteiger partial charge on any atom is 0.256 e. The molecule has 1 aliphatic rings. The van der Waals surface area contributed by atoms with E-state index >= 15 is 0 Å². The van der Waals surface area contributed by atoms with Crippen LogP contribution in [-0.2, 0) is 4.79 Å². The van der Waals surface area contributed by atoms with Gasteiger partial charge in [-0.05, 0) is 65.4 Å². The molecule has 6 rings (SSSR count). The van der Waals surface area contributed by atoms with Gasteiger partial charge >= 0.3 is 0 Å². The summed E-state index contributed by atoms with van der Waals surface area (Å²) in [6.45, 7) is 2.42. The second kappa shape index (κ2) is 12.2. The number of amides is 3. The number of benzene rings is 5. The van der Waals surface area contributed by atoms with Gasteiger partial charge in [-0.1, -0.05) is 97.1 Å². The molecule has 0 aromatic heterocycles. The topological polar surface area (TPSA) is 78.5 Å². The molecule has 6 nitrogen and oxygen atoms in total. The quantitative estimate of drug-likeness (QED) is 0.210. The van der Waals surface area contributed by atoms with E-state index in [0.717, 1.165) is 28.7 Å². The summed E-state index contributed by atoms with van der Waals surface area (Å²) >= 11 is 0. The van der Waals surface area contributed by atoms with Crippen LogP contribution in [-0.4, -0.2) is 24.3 Å². The third kappa shape index (κ3) is 5.68. The van der Waals surface area contributed by atoms with Gasteiger partial charge in [-0.2, -0.15) is 0 Å². The van der Waals surface area contributed by atoms with Crippen LogP contribution >= 0.6 is 0 Å². The van der Waals surface area contributed by atoms with Crippen molar-refractivity contribution in [3.63, 3.8) is 0 Å². The maximum atomic E-state index is 13.9. The standard InChI is InChI=1S/C37H31N3O3/c1-25-32(38-36(42)30-19-10-8-17-28(30)26-13-4-2-5-14-26)22-23-33(40-24-12-21-34(40)41)35(25)39-37(43)31-20-11-9-18-29(31)27-15-6-3-7-16-27/h2-11,13-20,22-23H,12,21,24H2,1H3,(H,38,42)(H,39,43). The highest BCUT2D eigenvalue weighted by Crippen LogP contribution is 2.38. The van der Waals surface area contributed by atoms with E-state index in [-0.39, 0.29) is 17.7 Å². The molecule has 1 saturated heterocycles. The van der Waals surface area contributed by atoms with Gasteiger partial charge in [0, 0.05) is 29.8 Å². The number of hydrogen-bond donors (Lipinski definition) is 2. The highest BCUT2D eigenvalue weighted by Gasteiger charge is 2.27. The second-order valence-corrected chi connectivity index (χ2v) is 10.5. The molecule has 0 saturated carbocycles. The summed E-state index contributed by atoms with van der Waals surface area (Å²) in [7, 11) is 0. The van der Waals surface area contributed by atoms with E-state index in [9.17, 15) is 14.4 Å². The fourth-order valence-electron chi connectivity index (χ4n) is 5.59. The first-order valence-electron chi connectivity index (χ1n) is 14.4. The van der Waals surface area contributed by atoms with Crippen molar-refractivity contribution >= 4 is 34.8 Å². The molecule has 0 radical (unpaired) electrons. The Morgan fingerprint density at radius 3 is 1.67 bits per heavy atom. The Balaban J connectivity index is 1.37. The number of nitrogens with one attached hydrogen (secondary N) is 2. The highest BCUT2D eigenvalue weighted by atomic mass is 16.2. The molecular weight excluding hydrogens is 534 g/mol. The van der Waals surface area contributed by atoms with E-state index in [4.69, 9.17) is 0 Å². The summed E-state index contributed by atoms with van der Waals surface area (Å²) in [6.07, 6.45) is 1.20. The zero-order valence-electron chi connectivity index (χ0n) is 23.8. The molecule has 0 spiro atoms. The minimum Gasteiger partial charge on any atom is -0.322 e. The molecule has 0 unspecified atom stereocenters. The van der Waals surface area contributed by atoms with Gasteiger partial charge in [0.25, 0.3) is 11.8 Å². The van der Waals surface area contributed by atoms with Crippen LogP contribution < -0.4 is 15.5 Å². The van der Waals surface area contributed by atoms with Crippen LogP contribution in [0.1, 0.15) is 39.1 Å². The van der Waals surface area contributed by atoms with Crippen molar-refractivity contribution in [1.29, 1.82) is 0 Å². The van der Waals surface area contributed by atoms with Gasteiger partial charge in [0.2, 0.25) is 5.91 Å².